The Balaban J connectivity index is 1.68. The van der Waals surface area contributed by atoms with E-state index in [0.29, 0.717) is 43.7 Å². The van der Waals surface area contributed by atoms with Gasteiger partial charge in [-0.05, 0) is 60.1 Å². The summed E-state index contributed by atoms with van der Waals surface area (Å²) in [5.74, 6) is 0.214. The highest BCUT2D eigenvalue weighted by Gasteiger charge is 2.41. The van der Waals surface area contributed by atoms with Crippen molar-refractivity contribution in [2.75, 3.05) is 40.1 Å². The van der Waals surface area contributed by atoms with Crippen molar-refractivity contribution in [3.63, 3.8) is 0 Å². The van der Waals surface area contributed by atoms with Crippen molar-refractivity contribution in [2.45, 2.75) is 33.8 Å². The van der Waals surface area contributed by atoms with Gasteiger partial charge in [-0.1, -0.05) is 19.9 Å². The molecule has 7 heteroatoms. The molecule has 0 radical (unpaired) electrons. The van der Waals surface area contributed by atoms with Crippen LogP contribution >= 0.6 is 0 Å². The zero-order chi connectivity index (χ0) is 24.5. The van der Waals surface area contributed by atoms with Gasteiger partial charge in [-0.25, -0.2) is 4.79 Å². The van der Waals surface area contributed by atoms with Crippen LogP contribution in [0.1, 0.15) is 37.5 Å². The van der Waals surface area contributed by atoms with Crippen LogP contribution in [-0.4, -0.2) is 57.0 Å². The molecule has 1 fully saturated rings. The highest BCUT2D eigenvalue weighted by atomic mass is 16.5. The first-order valence-electron chi connectivity index (χ1n) is 11.9. The number of allylic oxidation sites excluding steroid dienone is 3. The SMILES string of the molecule is CCOC(=O)C1=CC2C(=CC1=O)c1cc(CO)c(OCC3(COC)COC3)cc1CC2C(C)C. The summed E-state index contributed by atoms with van der Waals surface area (Å²) in [5.41, 5.74) is 3.52. The van der Waals surface area contributed by atoms with Crippen LogP contribution in [0.3, 0.4) is 0 Å². The Labute approximate surface area is 200 Å². The first-order chi connectivity index (χ1) is 16.3. The molecule has 4 rings (SSSR count). The fourth-order valence-electron chi connectivity index (χ4n) is 5.19. The first-order valence-corrected chi connectivity index (χ1v) is 11.9. The number of carbonyl (C=O) groups excluding carboxylic acids is 2. The minimum Gasteiger partial charge on any atom is -0.492 e. The molecule has 184 valence electrons. The number of ketones is 1. The van der Waals surface area contributed by atoms with Gasteiger partial charge in [-0.2, -0.15) is 0 Å². The van der Waals surface area contributed by atoms with Crippen molar-refractivity contribution in [3.05, 3.63) is 46.5 Å². The van der Waals surface area contributed by atoms with Gasteiger partial charge in [0.1, 0.15) is 17.9 Å². The van der Waals surface area contributed by atoms with E-state index in [2.05, 4.69) is 13.8 Å². The normalized spacial score (nSPS) is 22.8. The number of fused-ring (bicyclic) bond motifs is 3. The molecule has 0 spiro atoms. The third-order valence-corrected chi connectivity index (χ3v) is 7.09. The summed E-state index contributed by atoms with van der Waals surface area (Å²) >= 11 is 0. The van der Waals surface area contributed by atoms with Crippen LogP contribution in [0, 0.1) is 23.2 Å². The number of carbonyl (C=O) groups is 2. The number of benzene rings is 1. The number of hydrogen-bond acceptors (Lipinski definition) is 7. The van der Waals surface area contributed by atoms with Crippen LogP contribution < -0.4 is 4.74 Å². The Morgan fingerprint density at radius 1 is 1.26 bits per heavy atom. The molecule has 2 atom stereocenters. The van der Waals surface area contributed by atoms with Crippen LogP contribution in [0.4, 0.5) is 0 Å². The number of hydrogen-bond donors (Lipinski definition) is 1. The zero-order valence-electron chi connectivity index (χ0n) is 20.4. The van der Waals surface area contributed by atoms with E-state index >= 15 is 0 Å². The maximum atomic E-state index is 12.8. The minimum atomic E-state index is -0.569. The Bertz CT molecular complexity index is 1020. The summed E-state index contributed by atoms with van der Waals surface area (Å²) in [6.07, 6.45) is 4.15. The van der Waals surface area contributed by atoms with Crippen molar-refractivity contribution < 1.29 is 33.6 Å². The second-order valence-electron chi connectivity index (χ2n) is 9.89. The number of aliphatic hydroxyl groups is 1. The standard InChI is InChI=1S/C27H34O7/c1-5-33-26(30)23-9-21-19(16(2)3)6-17-8-25(34-15-27(12-31-4)13-32-14-27)18(11-28)7-20(17)22(21)10-24(23)29/h7-10,16,19,21,28H,5-6,11-15H2,1-4H3. The summed E-state index contributed by atoms with van der Waals surface area (Å²) in [4.78, 5) is 25.2. The minimum absolute atomic E-state index is 0.0694. The van der Waals surface area contributed by atoms with Gasteiger partial charge in [0.15, 0.2) is 5.78 Å². The topological polar surface area (TPSA) is 91.3 Å². The predicted molar refractivity (Wildman–Crippen MR) is 126 cm³/mol. The molecular formula is C27H34O7. The summed E-state index contributed by atoms with van der Waals surface area (Å²) in [6, 6.07) is 3.93. The molecule has 1 heterocycles. The third-order valence-electron chi connectivity index (χ3n) is 7.09. The molecule has 0 amide bonds. The van der Waals surface area contributed by atoms with E-state index in [-0.39, 0.29) is 41.8 Å². The van der Waals surface area contributed by atoms with Crippen LogP contribution in [0.25, 0.3) is 5.57 Å². The van der Waals surface area contributed by atoms with Crippen molar-refractivity contribution in [3.8, 4) is 5.75 Å². The smallest absolute Gasteiger partial charge is 0.341 e. The Kier molecular flexibility index (Phi) is 7.26. The van der Waals surface area contributed by atoms with E-state index in [0.717, 1.165) is 23.1 Å². The lowest BCUT2D eigenvalue weighted by Gasteiger charge is -2.41. The van der Waals surface area contributed by atoms with Crippen LogP contribution in [0.15, 0.2) is 29.9 Å². The lowest BCUT2D eigenvalue weighted by molar-refractivity contribution is -0.159. The van der Waals surface area contributed by atoms with Crippen molar-refractivity contribution in [1.82, 2.24) is 0 Å². The molecule has 0 saturated carbocycles. The number of esters is 1. The maximum absolute atomic E-state index is 12.8. The summed E-state index contributed by atoms with van der Waals surface area (Å²) in [7, 11) is 1.67. The summed E-state index contributed by atoms with van der Waals surface area (Å²) in [6.45, 7) is 8.25. The van der Waals surface area contributed by atoms with Gasteiger partial charge in [0.05, 0.1) is 38.4 Å². The second-order valence-corrected chi connectivity index (χ2v) is 9.89. The van der Waals surface area contributed by atoms with E-state index in [1.165, 1.54) is 0 Å². The van der Waals surface area contributed by atoms with Crippen molar-refractivity contribution in [2.24, 2.45) is 23.2 Å². The van der Waals surface area contributed by atoms with Crippen molar-refractivity contribution in [1.29, 1.82) is 0 Å². The van der Waals surface area contributed by atoms with Gasteiger partial charge in [-0.3, -0.25) is 4.79 Å². The molecule has 2 aliphatic carbocycles. The van der Waals surface area contributed by atoms with Gasteiger partial charge in [0, 0.05) is 18.6 Å². The van der Waals surface area contributed by atoms with Crippen LogP contribution in [0.2, 0.25) is 0 Å². The Morgan fingerprint density at radius 3 is 2.62 bits per heavy atom. The van der Waals surface area contributed by atoms with E-state index < -0.39 is 5.97 Å². The molecule has 1 aromatic rings. The van der Waals surface area contributed by atoms with Gasteiger partial charge >= 0.3 is 5.97 Å². The van der Waals surface area contributed by atoms with Gasteiger partial charge in [0.2, 0.25) is 0 Å². The molecular weight excluding hydrogens is 436 g/mol. The molecule has 1 aliphatic heterocycles. The molecule has 1 N–H and O–H groups in total. The van der Waals surface area contributed by atoms with Crippen LogP contribution in [0.5, 0.6) is 5.75 Å². The van der Waals surface area contributed by atoms with Crippen LogP contribution in [-0.2, 0) is 36.8 Å². The number of rotatable bonds is 9. The predicted octanol–water partition coefficient (Wildman–Crippen LogP) is 3.12. The molecule has 34 heavy (non-hydrogen) atoms. The van der Waals surface area contributed by atoms with Gasteiger partial charge < -0.3 is 24.1 Å². The number of methoxy groups -OCH3 is 1. The lowest BCUT2D eigenvalue weighted by atomic mass is 9.65. The molecule has 0 aromatic heterocycles. The van der Waals surface area contributed by atoms with Gasteiger partial charge in [0.25, 0.3) is 0 Å². The highest BCUT2D eigenvalue weighted by Crippen LogP contribution is 2.47. The van der Waals surface area contributed by atoms with E-state index in [4.69, 9.17) is 18.9 Å². The Hall–Kier alpha value is -2.48. The van der Waals surface area contributed by atoms with E-state index in [1.54, 1.807) is 26.2 Å². The second kappa shape index (κ2) is 10.0. The van der Waals surface area contributed by atoms with Gasteiger partial charge in [-0.15, -0.1) is 0 Å². The van der Waals surface area contributed by atoms with E-state index in [1.807, 2.05) is 12.1 Å². The number of ether oxygens (including phenoxy) is 4. The first kappa shape index (κ1) is 24.6. The average molecular weight is 471 g/mol. The van der Waals surface area contributed by atoms with Crippen molar-refractivity contribution >= 4 is 17.3 Å². The fraction of sp³-hybridized carbons (Fsp3) is 0.556. The Morgan fingerprint density at radius 2 is 2.03 bits per heavy atom. The molecule has 0 bridgehead atoms. The number of aliphatic hydroxyl groups excluding tert-OH is 1. The third kappa shape index (κ3) is 4.57. The molecule has 1 saturated heterocycles. The highest BCUT2D eigenvalue weighted by molar-refractivity contribution is 6.25. The maximum Gasteiger partial charge on any atom is 0.341 e. The summed E-state index contributed by atoms with van der Waals surface area (Å²) < 4.78 is 22.1. The summed E-state index contributed by atoms with van der Waals surface area (Å²) in [5, 5.41) is 10.1. The molecule has 3 aliphatic rings. The monoisotopic (exact) mass is 470 g/mol. The average Bonchev–Trinajstić information content (AvgIpc) is 2.79. The molecule has 2 unspecified atom stereocenters. The zero-order valence-corrected chi connectivity index (χ0v) is 20.4. The van der Waals surface area contributed by atoms with E-state index in [9.17, 15) is 14.7 Å². The fourth-order valence-corrected chi connectivity index (χ4v) is 5.19. The lowest BCUT2D eigenvalue weighted by Crippen LogP contribution is -2.50. The largest absolute Gasteiger partial charge is 0.492 e. The quantitative estimate of drug-likeness (QED) is 0.438. The molecule has 1 aromatic carbocycles. The molecule has 7 nitrogen and oxygen atoms in total.